The van der Waals surface area contributed by atoms with Crippen LogP contribution in [0.2, 0.25) is 10.0 Å². The van der Waals surface area contributed by atoms with Crippen LogP contribution in [-0.4, -0.2) is 17.0 Å². The van der Waals surface area contributed by atoms with Gasteiger partial charge in [-0.2, -0.15) is 0 Å². The molecule has 1 aromatic carbocycles. The first-order valence-electron chi connectivity index (χ1n) is 4.66. The smallest absolute Gasteiger partial charge is 0.129 e. The average molecular weight is 254 g/mol. The van der Waals surface area contributed by atoms with Crippen molar-refractivity contribution in [2.24, 2.45) is 0 Å². The number of hydrogen-bond acceptors (Lipinski definition) is 3. The molecule has 0 aliphatic heterocycles. The van der Waals surface area contributed by atoms with Crippen LogP contribution in [0.1, 0.15) is 0 Å². The Morgan fingerprint density at radius 2 is 2.00 bits per heavy atom. The standard InChI is InChI=1S/C11H9Cl2N3/c1-14-10-5-9(15-6-16-10)7-3-2-4-8(12)11(7)13/h2-6H,1H3,(H,14,15,16). The van der Waals surface area contributed by atoms with Crippen molar-refractivity contribution in [3.8, 4) is 11.3 Å². The maximum atomic E-state index is 6.11. The molecule has 2 aromatic rings. The second-order valence-corrected chi connectivity index (χ2v) is 3.93. The molecule has 0 saturated heterocycles. The van der Waals surface area contributed by atoms with Crippen molar-refractivity contribution in [1.29, 1.82) is 0 Å². The molecule has 1 heterocycles. The summed E-state index contributed by atoms with van der Waals surface area (Å²) < 4.78 is 0. The summed E-state index contributed by atoms with van der Waals surface area (Å²) in [7, 11) is 1.80. The first-order valence-corrected chi connectivity index (χ1v) is 5.42. The van der Waals surface area contributed by atoms with Crippen molar-refractivity contribution in [1.82, 2.24) is 9.97 Å². The molecule has 16 heavy (non-hydrogen) atoms. The molecule has 2 rings (SSSR count). The Morgan fingerprint density at radius 1 is 1.19 bits per heavy atom. The third-order valence-electron chi connectivity index (χ3n) is 2.15. The van der Waals surface area contributed by atoms with E-state index in [1.54, 1.807) is 13.1 Å². The van der Waals surface area contributed by atoms with Crippen molar-refractivity contribution < 1.29 is 0 Å². The van der Waals surface area contributed by atoms with Crippen LogP contribution in [0.5, 0.6) is 0 Å². The van der Waals surface area contributed by atoms with E-state index in [1.807, 2.05) is 18.2 Å². The van der Waals surface area contributed by atoms with E-state index in [4.69, 9.17) is 23.2 Å². The predicted molar refractivity (Wildman–Crippen MR) is 67.0 cm³/mol. The second kappa shape index (κ2) is 4.68. The number of benzene rings is 1. The fourth-order valence-electron chi connectivity index (χ4n) is 1.34. The van der Waals surface area contributed by atoms with Crippen LogP contribution >= 0.6 is 23.2 Å². The van der Waals surface area contributed by atoms with E-state index in [9.17, 15) is 0 Å². The molecule has 0 amide bonds. The van der Waals surface area contributed by atoms with E-state index >= 15 is 0 Å². The SMILES string of the molecule is CNc1cc(-c2cccc(Cl)c2Cl)ncn1. The maximum absolute atomic E-state index is 6.11. The predicted octanol–water partition coefficient (Wildman–Crippen LogP) is 3.49. The third-order valence-corrected chi connectivity index (χ3v) is 2.97. The Kier molecular flexibility index (Phi) is 3.27. The van der Waals surface area contributed by atoms with E-state index in [0.717, 1.165) is 17.1 Å². The number of rotatable bonds is 2. The van der Waals surface area contributed by atoms with Crippen LogP contribution in [-0.2, 0) is 0 Å². The van der Waals surface area contributed by atoms with Gasteiger partial charge in [-0.05, 0) is 6.07 Å². The van der Waals surface area contributed by atoms with Gasteiger partial charge in [-0.1, -0.05) is 35.3 Å². The lowest BCUT2D eigenvalue weighted by molar-refractivity contribution is 1.16. The van der Waals surface area contributed by atoms with Crippen LogP contribution in [0, 0.1) is 0 Å². The number of nitrogens with zero attached hydrogens (tertiary/aromatic N) is 2. The highest BCUT2D eigenvalue weighted by atomic mass is 35.5. The first-order chi connectivity index (χ1) is 7.72. The molecule has 0 atom stereocenters. The summed E-state index contributed by atoms with van der Waals surface area (Å²) in [5, 5.41) is 3.97. The van der Waals surface area contributed by atoms with E-state index in [-0.39, 0.29) is 0 Å². The minimum atomic E-state index is 0.505. The van der Waals surface area contributed by atoms with Crippen LogP contribution in [0.3, 0.4) is 0 Å². The molecule has 1 N–H and O–H groups in total. The fourth-order valence-corrected chi connectivity index (χ4v) is 1.74. The van der Waals surface area contributed by atoms with E-state index < -0.39 is 0 Å². The largest absolute Gasteiger partial charge is 0.373 e. The summed E-state index contributed by atoms with van der Waals surface area (Å²) in [5.74, 6) is 0.737. The van der Waals surface area contributed by atoms with Gasteiger partial charge in [0.25, 0.3) is 0 Å². The van der Waals surface area contributed by atoms with Gasteiger partial charge in [-0.15, -0.1) is 0 Å². The molecule has 0 radical (unpaired) electrons. The third kappa shape index (κ3) is 2.10. The van der Waals surface area contributed by atoms with Gasteiger partial charge < -0.3 is 5.32 Å². The first kappa shape index (κ1) is 11.2. The van der Waals surface area contributed by atoms with Gasteiger partial charge in [-0.3, -0.25) is 0 Å². The van der Waals surface area contributed by atoms with Crippen LogP contribution in [0.25, 0.3) is 11.3 Å². The quantitative estimate of drug-likeness (QED) is 0.891. The number of anilines is 1. The van der Waals surface area contributed by atoms with Crippen molar-refractivity contribution in [3.63, 3.8) is 0 Å². The Hall–Kier alpha value is -1.32. The highest BCUT2D eigenvalue weighted by Crippen LogP contribution is 2.32. The van der Waals surface area contributed by atoms with Gasteiger partial charge >= 0.3 is 0 Å². The molecule has 0 saturated carbocycles. The van der Waals surface area contributed by atoms with E-state index in [2.05, 4.69) is 15.3 Å². The minimum Gasteiger partial charge on any atom is -0.373 e. The Bertz CT molecular complexity index is 514. The van der Waals surface area contributed by atoms with Gasteiger partial charge in [0.1, 0.15) is 12.1 Å². The normalized spacial score (nSPS) is 10.2. The molecule has 82 valence electrons. The van der Waals surface area contributed by atoms with Gasteiger partial charge in [-0.25, -0.2) is 9.97 Å². The lowest BCUT2D eigenvalue weighted by Gasteiger charge is -2.06. The number of nitrogens with one attached hydrogen (secondary N) is 1. The zero-order chi connectivity index (χ0) is 11.5. The monoisotopic (exact) mass is 253 g/mol. The fraction of sp³-hybridized carbons (Fsp3) is 0.0909. The Morgan fingerprint density at radius 3 is 2.75 bits per heavy atom. The molecule has 3 nitrogen and oxygen atoms in total. The van der Waals surface area contributed by atoms with Gasteiger partial charge in [0.2, 0.25) is 0 Å². The summed E-state index contributed by atoms with van der Waals surface area (Å²) in [5.41, 5.74) is 1.54. The molecule has 5 heteroatoms. The second-order valence-electron chi connectivity index (χ2n) is 3.14. The van der Waals surface area contributed by atoms with Crippen molar-refractivity contribution in [3.05, 3.63) is 40.6 Å². The molecular weight excluding hydrogens is 245 g/mol. The molecular formula is C11H9Cl2N3. The van der Waals surface area contributed by atoms with Crippen molar-refractivity contribution in [2.75, 3.05) is 12.4 Å². The van der Waals surface area contributed by atoms with Gasteiger partial charge in [0, 0.05) is 18.7 Å². The summed E-state index contributed by atoms with van der Waals surface area (Å²) in [6, 6.07) is 7.27. The average Bonchev–Trinajstić information content (AvgIpc) is 2.33. The molecule has 0 unspecified atom stereocenters. The molecule has 0 fully saturated rings. The Balaban J connectivity index is 2.54. The number of hydrogen-bond donors (Lipinski definition) is 1. The highest BCUT2D eigenvalue weighted by Gasteiger charge is 2.08. The zero-order valence-corrected chi connectivity index (χ0v) is 10.0. The van der Waals surface area contributed by atoms with E-state index in [1.165, 1.54) is 6.33 Å². The van der Waals surface area contributed by atoms with Gasteiger partial charge in [0.05, 0.1) is 15.7 Å². The topological polar surface area (TPSA) is 37.8 Å². The number of aromatic nitrogens is 2. The van der Waals surface area contributed by atoms with Gasteiger partial charge in [0.15, 0.2) is 0 Å². The van der Waals surface area contributed by atoms with Crippen LogP contribution in [0.4, 0.5) is 5.82 Å². The lowest BCUT2D eigenvalue weighted by Crippen LogP contribution is -1.94. The Labute approximate surface area is 103 Å². The van der Waals surface area contributed by atoms with Crippen LogP contribution < -0.4 is 5.32 Å². The maximum Gasteiger partial charge on any atom is 0.129 e. The molecule has 0 spiro atoms. The summed E-state index contributed by atoms with van der Waals surface area (Å²) >= 11 is 12.1. The van der Waals surface area contributed by atoms with Crippen molar-refractivity contribution >= 4 is 29.0 Å². The van der Waals surface area contributed by atoms with Crippen LogP contribution in [0.15, 0.2) is 30.6 Å². The summed E-state index contributed by atoms with van der Waals surface area (Å²) in [4.78, 5) is 8.20. The lowest BCUT2D eigenvalue weighted by atomic mass is 10.1. The molecule has 0 aliphatic rings. The van der Waals surface area contributed by atoms with E-state index in [0.29, 0.717) is 10.0 Å². The number of halogens is 2. The molecule has 1 aromatic heterocycles. The molecule has 0 bridgehead atoms. The molecule has 0 aliphatic carbocycles. The highest BCUT2D eigenvalue weighted by molar-refractivity contribution is 6.43. The zero-order valence-electron chi connectivity index (χ0n) is 8.54. The van der Waals surface area contributed by atoms with Crippen molar-refractivity contribution in [2.45, 2.75) is 0 Å². The minimum absolute atomic E-state index is 0.505. The summed E-state index contributed by atoms with van der Waals surface area (Å²) in [6.07, 6.45) is 1.48. The summed E-state index contributed by atoms with van der Waals surface area (Å²) in [6.45, 7) is 0.